The fourth-order valence-corrected chi connectivity index (χ4v) is 2.58. The Morgan fingerprint density at radius 1 is 1.39 bits per heavy atom. The van der Waals surface area contributed by atoms with Crippen LogP contribution in [0.2, 0.25) is 0 Å². The van der Waals surface area contributed by atoms with Gasteiger partial charge in [0.2, 0.25) is 0 Å². The van der Waals surface area contributed by atoms with Gasteiger partial charge in [-0.15, -0.1) is 0 Å². The van der Waals surface area contributed by atoms with Crippen molar-refractivity contribution in [2.45, 2.75) is 39.2 Å². The van der Waals surface area contributed by atoms with Gasteiger partial charge in [0, 0.05) is 24.6 Å². The van der Waals surface area contributed by atoms with E-state index in [1.165, 1.54) is 6.33 Å². The summed E-state index contributed by atoms with van der Waals surface area (Å²) in [6.45, 7) is 7.81. The van der Waals surface area contributed by atoms with Crippen molar-refractivity contribution in [3.05, 3.63) is 11.9 Å². The Kier molecular flexibility index (Phi) is 3.71. The minimum atomic E-state index is -0.267. The Morgan fingerprint density at radius 2 is 2.11 bits per heavy atom. The largest absolute Gasteiger partial charge is 0.393 e. The Bertz CT molecular complexity index is 419. The van der Waals surface area contributed by atoms with Gasteiger partial charge in [0.1, 0.15) is 18.0 Å². The number of nitrogen functional groups attached to an aromatic ring is 1. The quantitative estimate of drug-likeness (QED) is 0.848. The molecule has 3 N–H and O–H groups in total. The minimum absolute atomic E-state index is 0.267. The molecule has 2 unspecified atom stereocenters. The van der Waals surface area contributed by atoms with Gasteiger partial charge in [-0.25, -0.2) is 9.97 Å². The predicted octanol–water partition coefficient (Wildman–Crippen LogP) is 1.39. The Balaban J connectivity index is 2.27. The van der Waals surface area contributed by atoms with Gasteiger partial charge in [0.15, 0.2) is 0 Å². The second-order valence-corrected chi connectivity index (χ2v) is 5.39. The number of hydrogen-bond donors (Lipinski definition) is 2. The van der Waals surface area contributed by atoms with E-state index in [1.54, 1.807) is 0 Å². The average Bonchev–Trinajstić information content (AvgIpc) is 2.77. The molecule has 2 heterocycles. The first-order chi connectivity index (χ1) is 8.50. The van der Waals surface area contributed by atoms with Crippen LogP contribution >= 0.6 is 0 Å². The second-order valence-electron chi connectivity index (χ2n) is 5.39. The molecule has 2 rings (SSSR count). The van der Waals surface area contributed by atoms with Crippen LogP contribution in [0.5, 0.6) is 0 Å². The van der Waals surface area contributed by atoms with Gasteiger partial charge in [0.25, 0.3) is 0 Å². The maximum absolute atomic E-state index is 9.67. The van der Waals surface area contributed by atoms with Crippen molar-refractivity contribution in [3.63, 3.8) is 0 Å². The molecule has 1 aliphatic heterocycles. The van der Waals surface area contributed by atoms with Crippen molar-refractivity contribution in [2.24, 2.45) is 5.92 Å². The zero-order valence-electron chi connectivity index (χ0n) is 11.3. The highest BCUT2D eigenvalue weighted by Gasteiger charge is 2.29. The topological polar surface area (TPSA) is 75.3 Å². The van der Waals surface area contributed by atoms with E-state index in [0.29, 0.717) is 17.7 Å². The fraction of sp³-hybridized carbons (Fsp3) is 0.692. The smallest absolute Gasteiger partial charge is 0.137 e. The van der Waals surface area contributed by atoms with Crippen LogP contribution in [0, 0.1) is 5.92 Å². The maximum Gasteiger partial charge on any atom is 0.137 e. The first kappa shape index (κ1) is 13.1. The number of hydrogen-bond acceptors (Lipinski definition) is 5. The first-order valence-electron chi connectivity index (χ1n) is 6.54. The van der Waals surface area contributed by atoms with E-state index in [4.69, 9.17) is 5.73 Å². The predicted molar refractivity (Wildman–Crippen MR) is 72.5 cm³/mol. The molecule has 0 radical (unpaired) electrons. The molecule has 0 bridgehead atoms. The second kappa shape index (κ2) is 5.10. The van der Waals surface area contributed by atoms with Gasteiger partial charge < -0.3 is 15.7 Å². The van der Waals surface area contributed by atoms with E-state index >= 15 is 0 Å². The van der Waals surface area contributed by atoms with Gasteiger partial charge in [-0.2, -0.15) is 0 Å². The van der Waals surface area contributed by atoms with Gasteiger partial charge >= 0.3 is 0 Å². The summed E-state index contributed by atoms with van der Waals surface area (Å²) in [5, 5.41) is 9.67. The molecule has 1 aromatic rings. The minimum Gasteiger partial charge on any atom is -0.393 e. The van der Waals surface area contributed by atoms with Gasteiger partial charge in [-0.1, -0.05) is 13.8 Å². The number of aromatic nitrogens is 2. The third-order valence-electron chi connectivity index (χ3n) is 3.68. The van der Waals surface area contributed by atoms with Crippen molar-refractivity contribution in [1.82, 2.24) is 9.97 Å². The molecule has 100 valence electrons. The highest BCUT2D eigenvalue weighted by molar-refractivity contribution is 5.58. The number of nitrogens with two attached hydrogens (primary N) is 1. The van der Waals surface area contributed by atoms with Crippen LogP contribution in [-0.2, 0) is 0 Å². The molecule has 0 aromatic carbocycles. The number of aliphatic hydroxyl groups excluding tert-OH is 1. The number of rotatable bonds is 3. The van der Waals surface area contributed by atoms with Gasteiger partial charge in [0.05, 0.1) is 6.10 Å². The molecule has 2 atom stereocenters. The molecule has 1 aromatic heterocycles. The molecule has 0 spiro atoms. The normalized spacial score (nSPS) is 21.6. The van der Waals surface area contributed by atoms with Gasteiger partial charge in [-0.3, -0.25) is 0 Å². The average molecular weight is 250 g/mol. The van der Waals surface area contributed by atoms with E-state index in [1.807, 2.05) is 6.92 Å². The lowest BCUT2D eigenvalue weighted by atomic mass is 10.0. The molecule has 1 fully saturated rings. The standard InChI is InChI=1S/C13H22N4O/c1-8(2)11-12(14)15-7-16-13(11)17-5-4-10(6-17)9(3)18/h7-10,18H,4-6H2,1-3H3,(H2,14,15,16). The molecule has 5 heteroatoms. The Labute approximate surface area is 108 Å². The van der Waals surface area contributed by atoms with Crippen LogP contribution in [0.4, 0.5) is 11.6 Å². The Hall–Kier alpha value is -1.36. The number of nitrogens with zero attached hydrogens (tertiary/aromatic N) is 3. The van der Waals surface area contributed by atoms with Crippen molar-refractivity contribution < 1.29 is 5.11 Å². The van der Waals surface area contributed by atoms with E-state index in [-0.39, 0.29) is 6.10 Å². The van der Waals surface area contributed by atoms with E-state index < -0.39 is 0 Å². The summed E-state index contributed by atoms with van der Waals surface area (Å²) in [6.07, 6.45) is 2.25. The molecule has 0 saturated carbocycles. The molecular formula is C13H22N4O. The monoisotopic (exact) mass is 250 g/mol. The van der Waals surface area contributed by atoms with E-state index in [2.05, 4.69) is 28.7 Å². The summed E-state index contributed by atoms with van der Waals surface area (Å²) in [6, 6.07) is 0. The van der Waals surface area contributed by atoms with Crippen LogP contribution in [-0.4, -0.2) is 34.3 Å². The van der Waals surface area contributed by atoms with Crippen molar-refractivity contribution >= 4 is 11.6 Å². The highest BCUT2D eigenvalue weighted by Crippen LogP contribution is 2.32. The maximum atomic E-state index is 9.67. The van der Waals surface area contributed by atoms with Crippen molar-refractivity contribution in [1.29, 1.82) is 0 Å². The molecular weight excluding hydrogens is 228 g/mol. The zero-order chi connectivity index (χ0) is 13.3. The molecule has 0 amide bonds. The summed E-state index contributed by atoms with van der Waals surface area (Å²) in [5.74, 6) is 2.11. The summed E-state index contributed by atoms with van der Waals surface area (Å²) in [7, 11) is 0. The van der Waals surface area contributed by atoms with Crippen LogP contribution in [0.1, 0.15) is 38.7 Å². The lowest BCUT2D eigenvalue weighted by Crippen LogP contribution is -2.26. The van der Waals surface area contributed by atoms with Crippen LogP contribution in [0.3, 0.4) is 0 Å². The molecule has 18 heavy (non-hydrogen) atoms. The van der Waals surface area contributed by atoms with Crippen LogP contribution < -0.4 is 10.6 Å². The van der Waals surface area contributed by atoms with Crippen molar-refractivity contribution in [2.75, 3.05) is 23.7 Å². The highest BCUT2D eigenvalue weighted by atomic mass is 16.3. The Morgan fingerprint density at radius 3 is 2.67 bits per heavy atom. The lowest BCUT2D eigenvalue weighted by Gasteiger charge is -2.23. The van der Waals surface area contributed by atoms with Crippen LogP contribution in [0.25, 0.3) is 0 Å². The molecule has 1 saturated heterocycles. The third-order valence-corrected chi connectivity index (χ3v) is 3.68. The molecule has 5 nitrogen and oxygen atoms in total. The third kappa shape index (κ3) is 2.41. The van der Waals surface area contributed by atoms with Gasteiger partial charge in [-0.05, 0) is 19.3 Å². The van der Waals surface area contributed by atoms with E-state index in [0.717, 1.165) is 30.9 Å². The molecule has 1 aliphatic rings. The lowest BCUT2D eigenvalue weighted by molar-refractivity contribution is 0.136. The molecule has 0 aliphatic carbocycles. The van der Waals surface area contributed by atoms with E-state index in [9.17, 15) is 5.11 Å². The summed E-state index contributed by atoms with van der Waals surface area (Å²) in [4.78, 5) is 10.7. The number of aliphatic hydroxyl groups is 1. The first-order valence-corrected chi connectivity index (χ1v) is 6.54. The summed E-state index contributed by atoms with van der Waals surface area (Å²) in [5.41, 5.74) is 6.97. The summed E-state index contributed by atoms with van der Waals surface area (Å²) < 4.78 is 0. The zero-order valence-corrected chi connectivity index (χ0v) is 11.3. The summed E-state index contributed by atoms with van der Waals surface area (Å²) >= 11 is 0. The SMILES string of the molecule is CC(C)c1c(N)ncnc1N1CCC(C(C)O)C1. The van der Waals surface area contributed by atoms with Crippen LogP contribution in [0.15, 0.2) is 6.33 Å². The fourth-order valence-electron chi connectivity index (χ4n) is 2.58. The number of anilines is 2. The van der Waals surface area contributed by atoms with Crippen molar-refractivity contribution in [3.8, 4) is 0 Å².